The number of carbonyl (C=O) groups is 3. The van der Waals surface area contributed by atoms with Gasteiger partial charge in [0.15, 0.2) is 0 Å². The Bertz CT molecular complexity index is 1310. The highest BCUT2D eigenvalue weighted by Gasteiger charge is 2.79. The zero-order valence-electron chi connectivity index (χ0n) is 23.7. The Hall–Kier alpha value is -3.31. The highest BCUT2D eigenvalue weighted by molar-refractivity contribution is 5.98. The lowest BCUT2D eigenvalue weighted by Gasteiger charge is -2.41. The molecule has 2 amide bonds. The summed E-state index contributed by atoms with van der Waals surface area (Å²) in [6.07, 6.45) is 3.27. The number of ether oxygens (including phenoxy) is 2. The number of rotatable bonds is 11. The number of benzene rings is 1. The van der Waals surface area contributed by atoms with E-state index < -0.39 is 41.1 Å². The maximum Gasteiger partial charge on any atom is 0.312 e. The van der Waals surface area contributed by atoms with E-state index in [1.54, 1.807) is 22.6 Å². The van der Waals surface area contributed by atoms with E-state index in [4.69, 9.17) is 9.47 Å². The summed E-state index contributed by atoms with van der Waals surface area (Å²) in [4.78, 5) is 45.4. The molecule has 40 heavy (non-hydrogen) atoms. The van der Waals surface area contributed by atoms with Crippen molar-refractivity contribution in [1.29, 1.82) is 0 Å². The second-order valence-electron chi connectivity index (χ2n) is 11.4. The van der Waals surface area contributed by atoms with Crippen LogP contribution < -0.4 is 0 Å². The van der Waals surface area contributed by atoms with Gasteiger partial charge >= 0.3 is 5.97 Å². The third kappa shape index (κ3) is 4.13. The summed E-state index contributed by atoms with van der Waals surface area (Å²) in [7, 11) is 0. The number of amides is 2. The van der Waals surface area contributed by atoms with Crippen molar-refractivity contribution >= 4 is 28.8 Å². The summed E-state index contributed by atoms with van der Waals surface area (Å²) in [6, 6.07) is 5.81. The Morgan fingerprint density at radius 3 is 2.75 bits per heavy atom. The molecule has 7 atom stereocenters. The lowest BCUT2D eigenvalue weighted by atomic mass is 9.66. The predicted molar refractivity (Wildman–Crippen MR) is 145 cm³/mol. The average Bonchev–Trinajstić information content (AvgIpc) is 3.64. The number of likely N-dealkylation sites (tertiary alicyclic amines) is 1. The maximum absolute atomic E-state index is 14.7. The van der Waals surface area contributed by atoms with Gasteiger partial charge in [0, 0.05) is 6.54 Å². The van der Waals surface area contributed by atoms with Gasteiger partial charge in [-0.25, -0.2) is 4.68 Å². The van der Waals surface area contributed by atoms with Gasteiger partial charge in [0.05, 0.1) is 36.3 Å². The van der Waals surface area contributed by atoms with E-state index in [0.29, 0.717) is 24.8 Å². The minimum absolute atomic E-state index is 0.0797. The van der Waals surface area contributed by atoms with Gasteiger partial charge in [0.2, 0.25) is 11.8 Å². The van der Waals surface area contributed by atoms with Crippen LogP contribution in [0.15, 0.2) is 36.9 Å². The Labute approximate surface area is 234 Å². The van der Waals surface area contributed by atoms with E-state index in [1.807, 2.05) is 45.0 Å². The molecule has 0 aliphatic carbocycles. The average molecular weight is 554 g/mol. The molecule has 11 nitrogen and oxygen atoms in total. The normalized spacial score (nSPS) is 30.4. The summed E-state index contributed by atoms with van der Waals surface area (Å²) in [5, 5.41) is 19.0. The van der Waals surface area contributed by atoms with Gasteiger partial charge in [0.1, 0.15) is 29.7 Å². The number of aromatic nitrogens is 3. The number of nitrogens with zero attached hydrogens (tertiary/aromatic N) is 5. The minimum Gasteiger partial charge on any atom is -0.466 e. The summed E-state index contributed by atoms with van der Waals surface area (Å²) >= 11 is 0. The summed E-state index contributed by atoms with van der Waals surface area (Å²) < 4.78 is 13.7. The number of aliphatic hydroxyl groups is 1. The number of carbonyl (C=O) groups excluding carboxylic acids is 3. The molecule has 1 N–H and O–H groups in total. The van der Waals surface area contributed by atoms with E-state index in [9.17, 15) is 19.5 Å². The van der Waals surface area contributed by atoms with Crippen molar-refractivity contribution in [3.8, 4) is 0 Å². The fraction of sp³-hybridized carbons (Fsp3) is 0.621. The molecule has 0 saturated carbocycles. The first-order valence-corrected chi connectivity index (χ1v) is 14.1. The fourth-order valence-electron chi connectivity index (χ4n) is 7.13. The molecule has 5 rings (SSSR count). The van der Waals surface area contributed by atoms with Crippen LogP contribution in [0.1, 0.15) is 47.0 Å². The van der Waals surface area contributed by atoms with Crippen LogP contribution in [0.5, 0.6) is 0 Å². The molecule has 1 aromatic heterocycles. The first-order valence-electron chi connectivity index (χ1n) is 14.1. The lowest BCUT2D eigenvalue weighted by Crippen LogP contribution is -2.60. The van der Waals surface area contributed by atoms with E-state index in [2.05, 4.69) is 16.9 Å². The van der Waals surface area contributed by atoms with E-state index in [0.717, 1.165) is 5.52 Å². The van der Waals surface area contributed by atoms with Crippen LogP contribution >= 0.6 is 0 Å². The largest absolute Gasteiger partial charge is 0.466 e. The van der Waals surface area contributed by atoms with Crippen molar-refractivity contribution in [1.82, 2.24) is 24.8 Å². The molecule has 0 radical (unpaired) electrons. The molecule has 3 saturated heterocycles. The molecule has 3 fully saturated rings. The van der Waals surface area contributed by atoms with Crippen LogP contribution in [0.3, 0.4) is 0 Å². The Morgan fingerprint density at radius 2 is 2.08 bits per heavy atom. The smallest absolute Gasteiger partial charge is 0.312 e. The van der Waals surface area contributed by atoms with Crippen molar-refractivity contribution in [2.24, 2.45) is 17.8 Å². The molecule has 3 aliphatic heterocycles. The van der Waals surface area contributed by atoms with Crippen molar-refractivity contribution in [2.75, 3.05) is 19.8 Å². The van der Waals surface area contributed by atoms with Crippen LogP contribution in [0.4, 0.5) is 0 Å². The third-order valence-electron chi connectivity index (χ3n) is 9.22. The molecule has 2 bridgehead atoms. The fourth-order valence-corrected chi connectivity index (χ4v) is 7.13. The molecule has 2 aromatic rings. The zero-order valence-corrected chi connectivity index (χ0v) is 23.7. The first-order chi connectivity index (χ1) is 19.2. The van der Waals surface area contributed by atoms with Gasteiger partial charge in [-0.15, -0.1) is 11.7 Å². The lowest BCUT2D eigenvalue weighted by molar-refractivity contribution is -0.162. The number of fused-ring (bicyclic) bond motifs is 2. The topological polar surface area (TPSA) is 127 Å². The van der Waals surface area contributed by atoms with Crippen LogP contribution in [0.25, 0.3) is 11.0 Å². The number of esters is 1. The number of aliphatic hydroxyl groups excluding tert-OH is 1. The van der Waals surface area contributed by atoms with Gasteiger partial charge in [0.25, 0.3) is 0 Å². The molecule has 1 aromatic carbocycles. The predicted octanol–water partition coefficient (Wildman–Crippen LogP) is 2.14. The highest BCUT2D eigenvalue weighted by Crippen LogP contribution is 2.64. The van der Waals surface area contributed by atoms with Crippen LogP contribution in [0.2, 0.25) is 0 Å². The molecular weight excluding hydrogens is 514 g/mol. The van der Waals surface area contributed by atoms with Gasteiger partial charge in [-0.1, -0.05) is 43.7 Å². The first kappa shape index (κ1) is 28.2. The molecule has 2 unspecified atom stereocenters. The zero-order chi connectivity index (χ0) is 28.8. The standard InChI is InChI=1S/C29H39N5O6/c1-6-15-32(17-33-20-12-10-9-11-19(20)30-31-33)26(37)24-29-14-13-28(5,40-29)23(27(38)39-8-3)22(29)25(36)34(24)21(16-35)18(4)7-2/h6,9-12,18,21-24,35H,1,7-8,13-17H2,2-5H3/t18-,21-,22-,23+,24?,28-,29?/m0/s1. The maximum atomic E-state index is 14.7. The summed E-state index contributed by atoms with van der Waals surface area (Å²) in [5.41, 5.74) is -0.677. The Morgan fingerprint density at radius 1 is 1.32 bits per heavy atom. The monoisotopic (exact) mass is 553 g/mol. The second-order valence-corrected chi connectivity index (χ2v) is 11.4. The van der Waals surface area contributed by atoms with E-state index in [-0.39, 0.29) is 44.2 Å². The second kappa shape index (κ2) is 10.6. The Kier molecular flexibility index (Phi) is 7.47. The highest BCUT2D eigenvalue weighted by atomic mass is 16.6. The summed E-state index contributed by atoms with van der Waals surface area (Å²) in [5.74, 6) is -2.98. The van der Waals surface area contributed by atoms with E-state index in [1.165, 1.54) is 4.90 Å². The molecule has 3 aliphatic rings. The van der Waals surface area contributed by atoms with Crippen LogP contribution in [-0.2, 0) is 30.5 Å². The SMILES string of the molecule is C=CCN(Cn1nnc2ccccc21)C(=O)C1N([C@@H](CO)[C@@H](C)CC)C(=O)[C@@H]2[C@H](C(=O)OCC)[C@]3(C)CCC12O3. The number of hydrogen-bond acceptors (Lipinski definition) is 8. The molecule has 4 heterocycles. The van der Waals surface area contributed by atoms with Gasteiger partial charge in [-0.2, -0.15) is 0 Å². The van der Waals surface area contributed by atoms with Crippen molar-refractivity contribution in [3.05, 3.63) is 36.9 Å². The van der Waals surface area contributed by atoms with Gasteiger partial charge < -0.3 is 24.4 Å². The van der Waals surface area contributed by atoms with Crippen molar-refractivity contribution in [2.45, 2.75) is 76.9 Å². The Balaban J connectivity index is 1.60. The van der Waals surface area contributed by atoms with Crippen molar-refractivity contribution < 1.29 is 29.0 Å². The minimum atomic E-state index is -1.22. The van der Waals surface area contributed by atoms with Gasteiger partial charge in [-0.05, 0) is 44.7 Å². The summed E-state index contributed by atoms with van der Waals surface area (Å²) in [6.45, 7) is 11.5. The molecule has 1 spiro atoms. The van der Waals surface area contributed by atoms with Crippen molar-refractivity contribution in [3.63, 3.8) is 0 Å². The number of para-hydroxylation sites is 1. The van der Waals surface area contributed by atoms with Crippen LogP contribution in [-0.4, -0.2) is 90.7 Å². The quantitative estimate of drug-likeness (QED) is 0.331. The van der Waals surface area contributed by atoms with E-state index >= 15 is 0 Å². The molecular formula is C29H39N5O6. The molecule has 11 heteroatoms. The van der Waals surface area contributed by atoms with Gasteiger partial charge in [-0.3, -0.25) is 14.4 Å². The van der Waals surface area contributed by atoms with Crippen LogP contribution in [0, 0.1) is 17.8 Å². The number of hydrogen-bond donors (Lipinski definition) is 1. The third-order valence-corrected chi connectivity index (χ3v) is 9.22. The molecule has 216 valence electrons.